The summed E-state index contributed by atoms with van der Waals surface area (Å²) in [5.74, 6) is 0. The second-order valence-corrected chi connectivity index (χ2v) is 4.98. The van der Waals surface area contributed by atoms with Gasteiger partial charge in [-0.3, -0.25) is 0 Å². The molecule has 0 saturated carbocycles. The van der Waals surface area contributed by atoms with Crippen LogP contribution in [0.15, 0.2) is 41.8 Å². The number of anilines is 2. The third-order valence-corrected chi connectivity index (χ3v) is 3.31. The summed E-state index contributed by atoms with van der Waals surface area (Å²) in [5.41, 5.74) is 7.57. The lowest BCUT2D eigenvalue weighted by Crippen LogP contribution is -2.17. The van der Waals surface area contributed by atoms with E-state index in [1.807, 2.05) is 24.3 Å². The van der Waals surface area contributed by atoms with E-state index in [0.29, 0.717) is 6.04 Å². The summed E-state index contributed by atoms with van der Waals surface area (Å²) in [7, 11) is 0. The molecule has 1 heterocycles. The van der Waals surface area contributed by atoms with Crippen LogP contribution in [0.2, 0.25) is 0 Å². The molecule has 2 aromatic rings. The van der Waals surface area contributed by atoms with Crippen molar-refractivity contribution in [2.45, 2.75) is 19.4 Å². The van der Waals surface area contributed by atoms with Crippen LogP contribution < -0.4 is 11.1 Å². The Morgan fingerprint density at radius 2 is 2.00 bits per heavy atom. The lowest BCUT2D eigenvalue weighted by Gasteiger charge is -2.14. The number of hydrogen-bond acceptors (Lipinski definition) is 3. The number of nitrogen functional groups attached to an aromatic ring is 1. The average molecular weight is 232 g/mol. The van der Waals surface area contributed by atoms with Crippen molar-refractivity contribution in [2.75, 3.05) is 11.1 Å². The number of nitrogens with two attached hydrogens (primary N) is 1. The maximum absolute atomic E-state index is 5.64. The molecular formula is C13H16N2S. The summed E-state index contributed by atoms with van der Waals surface area (Å²) < 4.78 is 0. The Morgan fingerprint density at radius 1 is 1.25 bits per heavy atom. The first-order valence-corrected chi connectivity index (χ1v) is 6.26. The van der Waals surface area contributed by atoms with Crippen LogP contribution in [-0.2, 0) is 6.42 Å². The van der Waals surface area contributed by atoms with E-state index in [4.69, 9.17) is 5.73 Å². The molecule has 84 valence electrons. The Bertz CT molecular complexity index is 420. The normalized spacial score (nSPS) is 12.3. The van der Waals surface area contributed by atoms with Crippen molar-refractivity contribution in [2.24, 2.45) is 0 Å². The predicted octanol–water partition coefficient (Wildman–Crippen LogP) is 3.37. The van der Waals surface area contributed by atoms with Gasteiger partial charge in [-0.25, -0.2) is 0 Å². The molecule has 0 aliphatic rings. The summed E-state index contributed by atoms with van der Waals surface area (Å²) in [6.45, 7) is 2.19. The Hall–Kier alpha value is -1.48. The van der Waals surface area contributed by atoms with E-state index in [-0.39, 0.29) is 0 Å². The minimum absolute atomic E-state index is 0.433. The molecule has 0 radical (unpaired) electrons. The van der Waals surface area contributed by atoms with E-state index in [0.717, 1.165) is 17.8 Å². The molecule has 0 saturated heterocycles. The lowest BCUT2D eigenvalue weighted by molar-refractivity contribution is 0.801. The van der Waals surface area contributed by atoms with Crippen molar-refractivity contribution in [3.8, 4) is 0 Å². The zero-order valence-electron chi connectivity index (χ0n) is 9.31. The summed E-state index contributed by atoms with van der Waals surface area (Å²) in [5, 5.41) is 5.57. The van der Waals surface area contributed by atoms with Crippen molar-refractivity contribution in [1.82, 2.24) is 0 Å². The van der Waals surface area contributed by atoms with Crippen LogP contribution in [0.1, 0.15) is 11.8 Å². The van der Waals surface area contributed by atoms with Crippen LogP contribution >= 0.6 is 11.3 Å². The molecule has 0 fully saturated rings. The van der Waals surface area contributed by atoms with Gasteiger partial charge in [0.15, 0.2) is 0 Å². The van der Waals surface area contributed by atoms with E-state index in [2.05, 4.69) is 29.8 Å². The molecule has 1 aromatic carbocycles. The monoisotopic (exact) mass is 232 g/mol. The zero-order valence-corrected chi connectivity index (χ0v) is 10.1. The molecule has 0 bridgehead atoms. The van der Waals surface area contributed by atoms with Gasteiger partial charge in [-0.1, -0.05) is 6.07 Å². The molecule has 2 rings (SSSR count). The number of rotatable bonds is 4. The van der Waals surface area contributed by atoms with E-state index < -0.39 is 0 Å². The Labute approximate surface area is 100 Å². The van der Waals surface area contributed by atoms with E-state index in [1.165, 1.54) is 4.88 Å². The van der Waals surface area contributed by atoms with E-state index in [1.54, 1.807) is 11.3 Å². The van der Waals surface area contributed by atoms with Gasteiger partial charge in [0.05, 0.1) is 0 Å². The largest absolute Gasteiger partial charge is 0.399 e. The minimum Gasteiger partial charge on any atom is -0.399 e. The van der Waals surface area contributed by atoms with Gasteiger partial charge in [0.2, 0.25) is 0 Å². The van der Waals surface area contributed by atoms with Crippen molar-refractivity contribution >= 4 is 22.7 Å². The SMILES string of the molecule is CC(Cc1cccs1)Nc1ccc(N)cc1. The van der Waals surface area contributed by atoms with Gasteiger partial charge in [0.25, 0.3) is 0 Å². The molecule has 3 heteroatoms. The Balaban J connectivity index is 1.92. The summed E-state index contributed by atoms with van der Waals surface area (Å²) in [4.78, 5) is 1.41. The minimum atomic E-state index is 0.433. The standard InChI is InChI=1S/C13H16N2S/c1-10(9-13-3-2-8-16-13)15-12-6-4-11(14)5-7-12/h2-8,10,15H,9,14H2,1H3. The average Bonchev–Trinajstić information content (AvgIpc) is 2.74. The fourth-order valence-corrected chi connectivity index (χ4v) is 2.48. The van der Waals surface area contributed by atoms with Gasteiger partial charge in [-0.05, 0) is 42.6 Å². The third kappa shape index (κ3) is 3.00. The fraction of sp³-hybridized carbons (Fsp3) is 0.231. The fourth-order valence-electron chi connectivity index (χ4n) is 1.65. The van der Waals surface area contributed by atoms with Crippen LogP contribution in [0.25, 0.3) is 0 Å². The highest BCUT2D eigenvalue weighted by atomic mass is 32.1. The van der Waals surface area contributed by atoms with Crippen molar-refractivity contribution in [3.05, 3.63) is 46.7 Å². The van der Waals surface area contributed by atoms with Crippen molar-refractivity contribution in [3.63, 3.8) is 0 Å². The molecule has 0 aliphatic carbocycles. The van der Waals surface area contributed by atoms with Gasteiger partial charge in [0, 0.05) is 28.7 Å². The number of benzene rings is 1. The van der Waals surface area contributed by atoms with Crippen LogP contribution in [0.5, 0.6) is 0 Å². The zero-order chi connectivity index (χ0) is 11.4. The Kier molecular flexibility index (Phi) is 3.47. The summed E-state index contributed by atoms with van der Waals surface area (Å²) >= 11 is 1.80. The number of hydrogen-bond donors (Lipinski definition) is 2. The molecular weight excluding hydrogens is 216 g/mol. The highest BCUT2D eigenvalue weighted by Crippen LogP contribution is 2.15. The molecule has 3 N–H and O–H groups in total. The maximum Gasteiger partial charge on any atom is 0.0343 e. The van der Waals surface area contributed by atoms with E-state index >= 15 is 0 Å². The molecule has 1 unspecified atom stereocenters. The quantitative estimate of drug-likeness (QED) is 0.793. The predicted molar refractivity (Wildman–Crippen MR) is 72.0 cm³/mol. The van der Waals surface area contributed by atoms with Crippen LogP contribution in [0, 0.1) is 0 Å². The lowest BCUT2D eigenvalue weighted by atomic mass is 10.2. The molecule has 16 heavy (non-hydrogen) atoms. The highest BCUT2D eigenvalue weighted by Gasteiger charge is 2.03. The summed E-state index contributed by atoms with van der Waals surface area (Å²) in [6.07, 6.45) is 1.06. The van der Waals surface area contributed by atoms with Crippen LogP contribution in [0.4, 0.5) is 11.4 Å². The van der Waals surface area contributed by atoms with Gasteiger partial charge < -0.3 is 11.1 Å². The van der Waals surface area contributed by atoms with Gasteiger partial charge in [-0.2, -0.15) is 0 Å². The first-order chi connectivity index (χ1) is 7.74. The molecule has 0 spiro atoms. The van der Waals surface area contributed by atoms with Gasteiger partial charge in [-0.15, -0.1) is 11.3 Å². The first-order valence-electron chi connectivity index (χ1n) is 5.38. The smallest absolute Gasteiger partial charge is 0.0343 e. The number of nitrogens with one attached hydrogen (secondary N) is 1. The maximum atomic E-state index is 5.64. The molecule has 1 atom stereocenters. The van der Waals surface area contributed by atoms with Crippen LogP contribution in [0.3, 0.4) is 0 Å². The van der Waals surface area contributed by atoms with E-state index in [9.17, 15) is 0 Å². The molecule has 0 aliphatic heterocycles. The van der Waals surface area contributed by atoms with Crippen molar-refractivity contribution in [1.29, 1.82) is 0 Å². The second kappa shape index (κ2) is 5.03. The number of thiophene rings is 1. The van der Waals surface area contributed by atoms with Gasteiger partial charge in [0.1, 0.15) is 0 Å². The molecule has 0 amide bonds. The molecule has 1 aromatic heterocycles. The third-order valence-electron chi connectivity index (χ3n) is 2.41. The first kappa shape index (κ1) is 11.0. The van der Waals surface area contributed by atoms with Crippen LogP contribution in [-0.4, -0.2) is 6.04 Å². The second-order valence-electron chi connectivity index (χ2n) is 3.95. The Morgan fingerprint density at radius 3 is 2.62 bits per heavy atom. The highest BCUT2D eigenvalue weighted by molar-refractivity contribution is 7.09. The summed E-state index contributed by atoms with van der Waals surface area (Å²) in [6, 6.07) is 12.6. The van der Waals surface area contributed by atoms with Gasteiger partial charge >= 0.3 is 0 Å². The van der Waals surface area contributed by atoms with Crippen molar-refractivity contribution < 1.29 is 0 Å². The molecule has 2 nitrogen and oxygen atoms in total. The topological polar surface area (TPSA) is 38.0 Å².